The summed E-state index contributed by atoms with van der Waals surface area (Å²) in [6, 6.07) is 24.4. The molecule has 0 bridgehead atoms. The number of halogens is 3. The number of nitrogens with two attached hydrogens (primary N) is 2. The maximum Gasteiger partial charge on any atom is 0.295 e. The van der Waals surface area contributed by atoms with Gasteiger partial charge in [0.1, 0.15) is 39.8 Å². The third kappa shape index (κ3) is 16.8. The standard InChI is InChI=1S/2C27H30FN5O4.C27H29FN4O4/c2*1-37-25-21(26(35)32-12-8-18(9-13-32)14-17-4-6-19(28)7-5-17)15-20-22(16-33(29)24(20)30-25)23(34)27(36)31-10-2-3-11-31;1-36-25-21(26(34)32-12-8-18(9-13-32)14-17-4-6-19(28)7-5-17)15-20-22(16-29-24(20)30-25)23(33)27(35)31-10-2-3-11-31/h2*4-7,15-16,18H,2-3,8-14,29H2,1H3;4-7,15-16,18H,2-3,8-14H2,1H3,(H,29,30). The van der Waals surface area contributed by atoms with Gasteiger partial charge in [0.05, 0.1) is 38.0 Å². The fourth-order valence-electron chi connectivity index (χ4n) is 15.7. The Morgan fingerprint density at radius 1 is 0.382 bits per heavy atom. The molecule has 110 heavy (non-hydrogen) atoms. The molecule has 576 valence electrons. The lowest BCUT2D eigenvalue weighted by Crippen LogP contribution is -2.39. The minimum absolute atomic E-state index is 0.112. The quantitative estimate of drug-likeness (QED) is 0.0409. The second-order valence-electron chi connectivity index (χ2n) is 29.1. The van der Waals surface area contributed by atoms with E-state index in [4.69, 9.17) is 25.9 Å². The van der Waals surface area contributed by atoms with Crippen molar-refractivity contribution in [3.8, 4) is 17.6 Å². The smallest absolute Gasteiger partial charge is 0.295 e. The number of rotatable bonds is 18. The summed E-state index contributed by atoms with van der Waals surface area (Å²) in [5.41, 5.74) is 5.31. The fraction of sp³-hybridized carbons (Fsp3) is 0.407. The molecule has 0 saturated carbocycles. The Morgan fingerprint density at radius 3 is 0.964 bits per heavy atom. The largest absolute Gasteiger partial charge is 0.480 e. The Hall–Kier alpha value is -11.7. The zero-order valence-corrected chi connectivity index (χ0v) is 61.8. The van der Waals surface area contributed by atoms with Gasteiger partial charge in [-0.1, -0.05) is 36.4 Å². The topological polar surface area (TPSA) is 317 Å². The van der Waals surface area contributed by atoms with E-state index in [1.807, 2.05) is 12.1 Å². The number of H-pyrrole nitrogens is 1. The molecule has 3 aromatic carbocycles. The number of Topliss-reactive ketones (excluding diaryl/α,β-unsaturated/α-hetero) is 3. The van der Waals surface area contributed by atoms with Crippen molar-refractivity contribution in [1.29, 1.82) is 0 Å². The zero-order valence-electron chi connectivity index (χ0n) is 61.8. The van der Waals surface area contributed by atoms with Crippen LogP contribution in [0.25, 0.3) is 33.1 Å². The first-order valence-electron chi connectivity index (χ1n) is 37.5. The Labute approximate surface area is 632 Å². The number of likely N-dealkylation sites (tertiary alicyclic amines) is 6. The fourth-order valence-corrected chi connectivity index (χ4v) is 15.7. The molecule has 12 heterocycles. The number of methoxy groups -OCH3 is 3. The summed E-state index contributed by atoms with van der Waals surface area (Å²) in [6.45, 7) is 6.78. The summed E-state index contributed by atoms with van der Waals surface area (Å²) in [5.74, 6) is 8.64. The summed E-state index contributed by atoms with van der Waals surface area (Å²) in [5, 5.41) is 1.12. The van der Waals surface area contributed by atoms with E-state index in [1.54, 1.807) is 71.9 Å². The van der Waals surface area contributed by atoms with Crippen molar-refractivity contribution in [1.82, 2.24) is 58.7 Å². The maximum atomic E-state index is 13.5. The summed E-state index contributed by atoms with van der Waals surface area (Å²) in [6.07, 6.45) is 16.9. The number of hydrogen-bond acceptors (Lipinski definition) is 17. The summed E-state index contributed by atoms with van der Waals surface area (Å²) in [7, 11) is 4.30. The SMILES string of the molecule is COc1nc2[nH]cc(C(=O)C(=O)N3CCCC3)c2cc1C(=O)N1CCC(Cc2ccc(F)cc2)CC1.COc1nc2c(cc1C(=O)N1CCC(Cc3ccc(F)cc3)CC1)c(C(=O)C(=O)N1CCCC1)cn2N.COc1nc2c(cc1C(=O)N1CCC(Cc3ccc(F)cc3)CC1)c(C(=O)C(=O)N1CCCC1)cn2N. The third-order valence-corrected chi connectivity index (χ3v) is 22.0. The molecule has 6 aromatic heterocycles. The minimum atomic E-state index is -0.664. The van der Waals surface area contributed by atoms with Crippen LogP contribution in [0.1, 0.15) is 156 Å². The van der Waals surface area contributed by atoms with Gasteiger partial charge in [-0.15, -0.1) is 0 Å². The number of aromatic amines is 1. The van der Waals surface area contributed by atoms with Crippen molar-refractivity contribution in [3.63, 3.8) is 0 Å². The monoisotopic (exact) mass is 1510 g/mol. The first-order chi connectivity index (χ1) is 53.1. The first kappa shape index (κ1) is 76.5. The summed E-state index contributed by atoms with van der Waals surface area (Å²) >= 11 is 0. The number of carbonyl (C=O) groups excluding carboxylic acids is 9. The Balaban J connectivity index is 0.000000145. The molecule has 0 aliphatic carbocycles. The number of nitrogens with one attached hydrogen (secondary N) is 1. The van der Waals surface area contributed by atoms with E-state index in [9.17, 15) is 56.3 Å². The van der Waals surface area contributed by atoms with Gasteiger partial charge in [-0.2, -0.15) is 15.0 Å². The van der Waals surface area contributed by atoms with Crippen molar-refractivity contribution < 1.29 is 70.5 Å². The van der Waals surface area contributed by atoms with E-state index in [0.29, 0.717) is 118 Å². The van der Waals surface area contributed by atoms with Gasteiger partial charge in [-0.25, -0.2) is 13.2 Å². The average molecular weight is 1510 g/mol. The number of amides is 6. The van der Waals surface area contributed by atoms with Crippen LogP contribution in [0.3, 0.4) is 0 Å². The lowest BCUT2D eigenvalue weighted by Gasteiger charge is -2.32. The number of ether oxygens (including phenoxy) is 3. The van der Waals surface area contributed by atoms with Crippen LogP contribution in [0.15, 0.2) is 110 Å². The molecule has 5 N–H and O–H groups in total. The van der Waals surface area contributed by atoms with Crippen LogP contribution in [-0.4, -0.2) is 211 Å². The van der Waals surface area contributed by atoms with Crippen molar-refractivity contribution >= 4 is 85.9 Å². The zero-order chi connectivity index (χ0) is 77.4. The van der Waals surface area contributed by atoms with Crippen LogP contribution < -0.4 is 25.9 Å². The predicted octanol–water partition coefficient (Wildman–Crippen LogP) is 9.21. The average Bonchev–Trinajstić information content (AvgIpc) is 1.56. The number of nitrogen functional groups attached to an aromatic ring is 2. The molecule has 0 unspecified atom stereocenters. The number of carbonyl (C=O) groups is 9. The number of piperidine rings is 3. The molecule has 29 heteroatoms. The molecular formula is C81H89F3N14O12. The Morgan fingerprint density at radius 2 is 0.664 bits per heavy atom. The number of aromatic nitrogens is 6. The van der Waals surface area contributed by atoms with Crippen molar-refractivity contribution in [3.05, 3.63) is 177 Å². The Bertz CT molecular complexity index is 4740. The van der Waals surface area contributed by atoms with Crippen molar-refractivity contribution in [2.24, 2.45) is 17.8 Å². The molecule has 6 aliphatic rings. The molecule has 6 saturated heterocycles. The lowest BCUT2D eigenvalue weighted by molar-refractivity contribution is -0.126. The van der Waals surface area contributed by atoms with Gasteiger partial charge in [0.2, 0.25) is 17.6 Å². The molecule has 26 nitrogen and oxygen atoms in total. The number of ketones is 3. The van der Waals surface area contributed by atoms with E-state index in [2.05, 4.69) is 19.9 Å². The minimum Gasteiger partial charge on any atom is -0.480 e. The highest BCUT2D eigenvalue weighted by Crippen LogP contribution is 2.35. The number of hydrogen-bond donors (Lipinski definition) is 3. The van der Waals surface area contributed by atoms with Crippen LogP contribution >= 0.6 is 0 Å². The van der Waals surface area contributed by atoms with Gasteiger partial charge in [0, 0.05) is 113 Å². The van der Waals surface area contributed by atoms with Gasteiger partial charge < -0.3 is 60.3 Å². The van der Waals surface area contributed by atoms with Crippen LogP contribution in [0.4, 0.5) is 13.2 Å². The molecule has 9 aromatic rings. The third-order valence-electron chi connectivity index (χ3n) is 22.0. The van der Waals surface area contributed by atoms with Crippen molar-refractivity contribution in [2.45, 2.75) is 96.3 Å². The molecule has 6 aliphatic heterocycles. The molecule has 0 atom stereocenters. The van der Waals surface area contributed by atoms with Crippen LogP contribution in [0, 0.1) is 35.2 Å². The molecular weight excluding hydrogens is 1420 g/mol. The highest BCUT2D eigenvalue weighted by atomic mass is 19.1. The van der Waals surface area contributed by atoms with Crippen LogP contribution in [0.5, 0.6) is 17.6 Å². The van der Waals surface area contributed by atoms with E-state index >= 15 is 0 Å². The second kappa shape index (κ2) is 33.9. The van der Waals surface area contributed by atoms with E-state index < -0.39 is 35.1 Å². The molecule has 6 amide bonds. The molecule has 15 rings (SSSR count). The van der Waals surface area contributed by atoms with E-state index in [0.717, 1.165) is 113 Å². The number of fused-ring (bicyclic) bond motifs is 3. The molecule has 0 spiro atoms. The van der Waals surface area contributed by atoms with Crippen LogP contribution in [-0.2, 0) is 33.6 Å². The predicted molar refractivity (Wildman–Crippen MR) is 402 cm³/mol. The van der Waals surface area contributed by atoms with Gasteiger partial charge in [-0.05, 0) is 185 Å². The number of pyridine rings is 3. The number of nitrogens with zero attached hydrogens (tertiary/aromatic N) is 11. The first-order valence-corrected chi connectivity index (χ1v) is 37.5. The van der Waals surface area contributed by atoms with Crippen molar-refractivity contribution in [2.75, 3.05) is 112 Å². The second-order valence-corrected chi connectivity index (χ2v) is 29.1. The number of benzene rings is 3. The van der Waals surface area contributed by atoms with Gasteiger partial charge >= 0.3 is 0 Å². The molecule has 6 fully saturated rings. The lowest BCUT2D eigenvalue weighted by atomic mass is 9.90. The van der Waals surface area contributed by atoms with Gasteiger partial charge in [-0.3, -0.25) is 52.5 Å². The summed E-state index contributed by atoms with van der Waals surface area (Å²) < 4.78 is 58.2. The molecule has 0 radical (unpaired) electrons. The van der Waals surface area contributed by atoms with Gasteiger partial charge in [0.25, 0.3) is 52.8 Å². The van der Waals surface area contributed by atoms with Gasteiger partial charge in [0.15, 0.2) is 11.3 Å². The van der Waals surface area contributed by atoms with E-state index in [-0.39, 0.29) is 97.5 Å². The Kier molecular flexibility index (Phi) is 23.6. The normalized spacial score (nSPS) is 16.4. The maximum absolute atomic E-state index is 13.5. The highest BCUT2D eigenvalue weighted by molar-refractivity contribution is 6.46. The van der Waals surface area contributed by atoms with Crippen LogP contribution in [0.2, 0.25) is 0 Å². The highest BCUT2D eigenvalue weighted by Gasteiger charge is 2.36. The summed E-state index contributed by atoms with van der Waals surface area (Å²) in [4.78, 5) is 144. The van der Waals surface area contributed by atoms with E-state index in [1.165, 1.54) is 85.7 Å².